The van der Waals surface area contributed by atoms with E-state index < -0.39 is 5.97 Å². The largest absolute Gasteiger partial charge is 0.463 e. The van der Waals surface area contributed by atoms with Crippen LogP contribution in [0.2, 0.25) is 5.28 Å². The Morgan fingerprint density at radius 2 is 2.00 bits per heavy atom. The van der Waals surface area contributed by atoms with Gasteiger partial charge in [0.2, 0.25) is 11.0 Å². The van der Waals surface area contributed by atoms with E-state index in [1.54, 1.807) is 12.1 Å². The number of carbonyl (C=O) groups excluding carboxylic acids is 1. The highest BCUT2D eigenvalue weighted by Gasteiger charge is 2.18. The fourth-order valence-corrected chi connectivity index (χ4v) is 3.13. The average Bonchev–Trinajstić information content (AvgIpc) is 3.17. The summed E-state index contributed by atoms with van der Waals surface area (Å²) in [5, 5.41) is 1.09. The minimum absolute atomic E-state index is 0.150. The summed E-state index contributed by atoms with van der Waals surface area (Å²) in [6.07, 6.45) is 0. The van der Waals surface area contributed by atoms with Gasteiger partial charge in [0.15, 0.2) is 0 Å². The zero-order chi connectivity index (χ0) is 18.1. The third kappa shape index (κ3) is 3.11. The quantitative estimate of drug-likeness (QED) is 0.515. The lowest BCUT2D eigenvalue weighted by Crippen LogP contribution is -2.37. The van der Waals surface area contributed by atoms with Crippen LogP contribution in [0.5, 0.6) is 0 Å². The molecule has 0 spiro atoms. The number of rotatable bonds is 3. The van der Waals surface area contributed by atoms with Crippen LogP contribution in [-0.4, -0.2) is 49.4 Å². The number of aromatic nitrogens is 2. The first-order valence-electron chi connectivity index (χ1n) is 8.14. The van der Waals surface area contributed by atoms with Gasteiger partial charge in [-0.05, 0) is 35.9 Å². The minimum atomic E-state index is -0.517. The van der Waals surface area contributed by atoms with Crippen molar-refractivity contribution in [2.75, 3.05) is 38.3 Å². The van der Waals surface area contributed by atoms with E-state index >= 15 is 0 Å². The summed E-state index contributed by atoms with van der Waals surface area (Å²) >= 11 is 6.14. The third-order valence-electron chi connectivity index (χ3n) is 4.24. The molecule has 7 nitrogen and oxygen atoms in total. The molecular weight excluding hydrogens is 358 g/mol. The number of hydrogen-bond donors (Lipinski definition) is 0. The Balaban J connectivity index is 1.75. The summed E-state index contributed by atoms with van der Waals surface area (Å²) in [6.45, 7) is 2.82. The average molecular weight is 374 g/mol. The van der Waals surface area contributed by atoms with Crippen molar-refractivity contribution in [1.29, 1.82) is 0 Å². The van der Waals surface area contributed by atoms with Crippen molar-refractivity contribution in [3.63, 3.8) is 0 Å². The molecule has 1 aliphatic rings. The molecule has 3 heterocycles. The van der Waals surface area contributed by atoms with Crippen LogP contribution >= 0.6 is 11.6 Å². The highest BCUT2D eigenvalue weighted by atomic mass is 35.5. The number of halogens is 1. The monoisotopic (exact) mass is 373 g/mol. The van der Waals surface area contributed by atoms with Crippen LogP contribution in [0.15, 0.2) is 34.7 Å². The predicted octanol–water partition coefficient (Wildman–Crippen LogP) is 3.17. The predicted molar refractivity (Wildman–Crippen MR) is 96.6 cm³/mol. The summed E-state index contributed by atoms with van der Waals surface area (Å²) < 4.78 is 15.6. The van der Waals surface area contributed by atoms with Gasteiger partial charge in [-0.1, -0.05) is 6.07 Å². The van der Waals surface area contributed by atoms with Gasteiger partial charge in [-0.25, -0.2) is 9.78 Å². The number of benzene rings is 1. The number of morpholine rings is 1. The second kappa shape index (κ2) is 6.93. The Kier molecular flexibility index (Phi) is 4.48. The van der Waals surface area contributed by atoms with E-state index in [0.29, 0.717) is 24.5 Å². The minimum Gasteiger partial charge on any atom is -0.463 e. The Morgan fingerprint density at radius 3 is 2.77 bits per heavy atom. The zero-order valence-corrected chi connectivity index (χ0v) is 14.8. The first-order valence-corrected chi connectivity index (χ1v) is 8.52. The molecule has 2 aromatic heterocycles. The molecule has 26 heavy (non-hydrogen) atoms. The molecule has 0 amide bonds. The van der Waals surface area contributed by atoms with E-state index in [0.717, 1.165) is 29.9 Å². The smallest absolute Gasteiger partial charge is 0.373 e. The molecular formula is C18H16ClN3O4. The van der Waals surface area contributed by atoms with Crippen molar-refractivity contribution < 1.29 is 18.7 Å². The van der Waals surface area contributed by atoms with Gasteiger partial charge in [0.1, 0.15) is 11.6 Å². The first kappa shape index (κ1) is 16.8. The van der Waals surface area contributed by atoms with Crippen molar-refractivity contribution in [2.45, 2.75) is 0 Å². The molecule has 4 rings (SSSR count). The van der Waals surface area contributed by atoms with Crippen LogP contribution in [-0.2, 0) is 9.47 Å². The Morgan fingerprint density at radius 1 is 1.19 bits per heavy atom. The van der Waals surface area contributed by atoms with Crippen molar-refractivity contribution in [3.8, 4) is 11.3 Å². The van der Waals surface area contributed by atoms with Crippen LogP contribution in [0.4, 0.5) is 5.82 Å². The second-order valence-corrected chi connectivity index (χ2v) is 6.14. The fourth-order valence-electron chi connectivity index (χ4n) is 2.96. The van der Waals surface area contributed by atoms with Gasteiger partial charge in [0.05, 0.1) is 25.8 Å². The number of methoxy groups -OCH3 is 1. The van der Waals surface area contributed by atoms with E-state index in [9.17, 15) is 4.79 Å². The van der Waals surface area contributed by atoms with E-state index in [1.165, 1.54) is 7.11 Å². The van der Waals surface area contributed by atoms with E-state index in [2.05, 4.69) is 19.6 Å². The lowest BCUT2D eigenvalue weighted by molar-refractivity contribution is 0.0566. The Labute approximate surface area is 154 Å². The van der Waals surface area contributed by atoms with Gasteiger partial charge >= 0.3 is 5.97 Å². The molecule has 0 aliphatic carbocycles. The number of anilines is 1. The number of ether oxygens (including phenoxy) is 2. The van der Waals surface area contributed by atoms with E-state index in [-0.39, 0.29) is 11.0 Å². The van der Waals surface area contributed by atoms with Crippen LogP contribution < -0.4 is 4.90 Å². The van der Waals surface area contributed by atoms with Gasteiger partial charge < -0.3 is 18.8 Å². The lowest BCUT2D eigenvalue weighted by Gasteiger charge is -2.28. The Hall–Kier alpha value is -2.64. The van der Waals surface area contributed by atoms with Gasteiger partial charge in [0.25, 0.3) is 0 Å². The maximum atomic E-state index is 11.6. The third-order valence-corrected chi connectivity index (χ3v) is 4.41. The topological polar surface area (TPSA) is 77.7 Å². The van der Waals surface area contributed by atoms with Gasteiger partial charge in [-0.3, -0.25) is 0 Å². The number of nitrogens with zero attached hydrogens (tertiary/aromatic N) is 3. The molecule has 0 bridgehead atoms. The maximum absolute atomic E-state index is 11.6. The Bertz CT molecular complexity index is 966. The summed E-state index contributed by atoms with van der Waals surface area (Å²) in [7, 11) is 1.31. The fraction of sp³-hybridized carbons (Fsp3) is 0.278. The van der Waals surface area contributed by atoms with E-state index in [4.69, 9.17) is 20.8 Å². The molecule has 1 aliphatic heterocycles. The van der Waals surface area contributed by atoms with Crippen molar-refractivity contribution in [2.24, 2.45) is 0 Å². The maximum Gasteiger partial charge on any atom is 0.373 e. The van der Waals surface area contributed by atoms with Crippen molar-refractivity contribution in [3.05, 3.63) is 41.4 Å². The molecule has 0 atom stereocenters. The number of fused-ring (bicyclic) bond motifs is 1. The second-order valence-electron chi connectivity index (χ2n) is 5.80. The summed E-state index contributed by atoms with van der Waals surface area (Å²) in [6, 6.07) is 9.01. The van der Waals surface area contributed by atoms with Gasteiger partial charge in [-0.15, -0.1) is 0 Å². The van der Waals surface area contributed by atoms with Crippen LogP contribution in [0.1, 0.15) is 10.6 Å². The van der Waals surface area contributed by atoms with Crippen LogP contribution in [0.25, 0.3) is 22.2 Å². The molecule has 134 valence electrons. The summed E-state index contributed by atoms with van der Waals surface area (Å²) in [5.41, 5.74) is 1.50. The van der Waals surface area contributed by atoms with Crippen molar-refractivity contribution >= 4 is 34.3 Å². The summed E-state index contributed by atoms with van der Waals surface area (Å²) in [5.74, 6) is 0.980. The standard InChI is InChI=1S/C18H16ClN3O4/c1-24-17(23)15-5-4-14(26-15)11-2-3-12-13(10-11)20-18(19)21-16(12)22-6-8-25-9-7-22/h2-5,10H,6-9H2,1H3. The number of esters is 1. The molecule has 0 radical (unpaired) electrons. The molecule has 0 N–H and O–H groups in total. The molecule has 1 fully saturated rings. The highest BCUT2D eigenvalue weighted by Crippen LogP contribution is 2.31. The molecule has 1 saturated heterocycles. The molecule has 3 aromatic rings. The first-order chi connectivity index (χ1) is 12.7. The zero-order valence-electron chi connectivity index (χ0n) is 14.1. The number of hydrogen-bond acceptors (Lipinski definition) is 7. The molecule has 1 aromatic carbocycles. The van der Waals surface area contributed by atoms with Crippen molar-refractivity contribution in [1.82, 2.24) is 9.97 Å². The molecule has 0 saturated carbocycles. The molecule has 0 unspecified atom stereocenters. The van der Waals surface area contributed by atoms with Gasteiger partial charge in [-0.2, -0.15) is 4.98 Å². The van der Waals surface area contributed by atoms with Gasteiger partial charge in [0, 0.05) is 24.0 Å². The number of carbonyl (C=O) groups is 1. The lowest BCUT2D eigenvalue weighted by atomic mass is 10.1. The number of furan rings is 1. The van der Waals surface area contributed by atoms with Crippen LogP contribution in [0.3, 0.4) is 0 Å². The summed E-state index contributed by atoms with van der Waals surface area (Å²) in [4.78, 5) is 22.4. The van der Waals surface area contributed by atoms with Crippen LogP contribution in [0, 0.1) is 0 Å². The normalized spacial score (nSPS) is 14.6. The SMILES string of the molecule is COC(=O)c1ccc(-c2ccc3c(N4CCOCC4)nc(Cl)nc3c2)o1. The van der Waals surface area contributed by atoms with E-state index in [1.807, 2.05) is 18.2 Å². The highest BCUT2D eigenvalue weighted by molar-refractivity contribution is 6.28. The molecule has 8 heteroatoms.